The van der Waals surface area contributed by atoms with Crippen LogP contribution in [0.3, 0.4) is 0 Å². The molecule has 0 unspecified atom stereocenters. The number of rotatable bonds is 4. The van der Waals surface area contributed by atoms with Crippen LogP contribution in [-0.4, -0.2) is 5.16 Å². The van der Waals surface area contributed by atoms with Gasteiger partial charge in [0, 0.05) is 18.2 Å². The van der Waals surface area contributed by atoms with Crippen molar-refractivity contribution < 1.29 is 8.91 Å². The summed E-state index contributed by atoms with van der Waals surface area (Å²) < 4.78 is 18.2. The molecule has 0 saturated carbocycles. The summed E-state index contributed by atoms with van der Waals surface area (Å²) >= 11 is 0. The van der Waals surface area contributed by atoms with Gasteiger partial charge >= 0.3 is 0 Å². The van der Waals surface area contributed by atoms with Crippen LogP contribution in [0.5, 0.6) is 0 Å². The molecule has 3 nitrogen and oxygen atoms in total. The van der Waals surface area contributed by atoms with E-state index in [1.807, 2.05) is 26.8 Å². The molecule has 1 N–H and O–H groups in total. The van der Waals surface area contributed by atoms with Crippen molar-refractivity contribution >= 4 is 0 Å². The maximum Gasteiger partial charge on any atom is 0.138 e. The highest BCUT2D eigenvalue weighted by Gasteiger charge is 2.11. The van der Waals surface area contributed by atoms with Gasteiger partial charge in [0.1, 0.15) is 11.6 Å². The Morgan fingerprint density at radius 1 is 1.39 bits per heavy atom. The minimum absolute atomic E-state index is 0.0781. The maximum atomic E-state index is 13.1. The van der Waals surface area contributed by atoms with E-state index in [1.54, 1.807) is 12.1 Å². The molecule has 1 aromatic heterocycles. The third kappa shape index (κ3) is 2.76. The third-order valence-corrected chi connectivity index (χ3v) is 3.11. The van der Waals surface area contributed by atoms with Gasteiger partial charge < -0.3 is 9.84 Å². The molecule has 0 aliphatic carbocycles. The van der Waals surface area contributed by atoms with Gasteiger partial charge in [0.05, 0.1) is 5.69 Å². The number of nitrogens with zero attached hydrogens (tertiary/aromatic N) is 1. The molecule has 2 rings (SSSR count). The zero-order chi connectivity index (χ0) is 13.1. The summed E-state index contributed by atoms with van der Waals surface area (Å²) in [6.45, 7) is 6.48. The average Bonchev–Trinajstić information content (AvgIpc) is 2.66. The lowest BCUT2D eigenvalue weighted by molar-refractivity contribution is 0.391. The molecule has 0 saturated heterocycles. The number of hydrogen-bond donors (Lipinski definition) is 1. The van der Waals surface area contributed by atoms with Crippen LogP contribution in [0, 0.1) is 19.7 Å². The topological polar surface area (TPSA) is 38.1 Å². The number of hydrogen-bond acceptors (Lipinski definition) is 3. The minimum atomic E-state index is -0.210. The van der Waals surface area contributed by atoms with Crippen LogP contribution in [0.4, 0.5) is 4.39 Å². The Morgan fingerprint density at radius 2 is 2.17 bits per heavy atom. The Kier molecular flexibility index (Phi) is 3.77. The van der Waals surface area contributed by atoms with E-state index in [0.29, 0.717) is 6.54 Å². The molecule has 0 bridgehead atoms. The summed E-state index contributed by atoms with van der Waals surface area (Å²) in [5, 5.41) is 7.25. The highest BCUT2D eigenvalue weighted by atomic mass is 19.1. The minimum Gasteiger partial charge on any atom is -0.361 e. The van der Waals surface area contributed by atoms with Gasteiger partial charge in [-0.3, -0.25) is 0 Å². The van der Waals surface area contributed by atoms with E-state index < -0.39 is 0 Å². The summed E-state index contributed by atoms with van der Waals surface area (Å²) in [6.07, 6.45) is 0. The lowest BCUT2D eigenvalue weighted by Gasteiger charge is -2.14. The molecule has 0 spiro atoms. The zero-order valence-corrected chi connectivity index (χ0v) is 10.8. The molecule has 1 aromatic carbocycles. The van der Waals surface area contributed by atoms with E-state index in [4.69, 9.17) is 4.52 Å². The highest BCUT2D eigenvalue weighted by Crippen LogP contribution is 2.16. The Bertz CT molecular complexity index is 517. The summed E-state index contributed by atoms with van der Waals surface area (Å²) in [4.78, 5) is 0. The fourth-order valence-corrected chi connectivity index (χ4v) is 1.90. The molecule has 0 radical (unpaired) electrons. The van der Waals surface area contributed by atoms with Crippen molar-refractivity contribution in [1.29, 1.82) is 0 Å². The SMILES string of the molecule is Cc1noc(C)c1CN[C@H](C)c1cccc(F)c1. The van der Waals surface area contributed by atoms with E-state index in [9.17, 15) is 4.39 Å². The van der Waals surface area contributed by atoms with E-state index in [1.165, 1.54) is 6.07 Å². The summed E-state index contributed by atoms with van der Waals surface area (Å²) in [6, 6.07) is 6.71. The fourth-order valence-electron chi connectivity index (χ4n) is 1.90. The molecule has 0 aliphatic heterocycles. The van der Waals surface area contributed by atoms with E-state index in [0.717, 1.165) is 22.6 Å². The van der Waals surface area contributed by atoms with Gasteiger partial charge in [0.15, 0.2) is 0 Å². The monoisotopic (exact) mass is 248 g/mol. The Hall–Kier alpha value is -1.68. The largest absolute Gasteiger partial charge is 0.361 e. The van der Waals surface area contributed by atoms with Crippen LogP contribution in [-0.2, 0) is 6.54 Å². The van der Waals surface area contributed by atoms with Crippen molar-refractivity contribution in [2.45, 2.75) is 33.4 Å². The van der Waals surface area contributed by atoms with E-state index >= 15 is 0 Å². The fraction of sp³-hybridized carbons (Fsp3) is 0.357. The Balaban J connectivity index is 2.02. The van der Waals surface area contributed by atoms with Crippen LogP contribution < -0.4 is 5.32 Å². The van der Waals surface area contributed by atoms with Gasteiger partial charge in [-0.05, 0) is 38.5 Å². The first-order valence-electron chi connectivity index (χ1n) is 5.98. The normalized spacial score (nSPS) is 12.7. The van der Waals surface area contributed by atoms with Crippen molar-refractivity contribution in [2.75, 3.05) is 0 Å². The van der Waals surface area contributed by atoms with Crippen molar-refractivity contribution in [2.24, 2.45) is 0 Å². The first kappa shape index (κ1) is 12.8. The first-order chi connectivity index (χ1) is 8.58. The number of benzene rings is 1. The number of aryl methyl sites for hydroxylation is 2. The predicted molar refractivity (Wildman–Crippen MR) is 67.6 cm³/mol. The molecule has 18 heavy (non-hydrogen) atoms. The third-order valence-electron chi connectivity index (χ3n) is 3.11. The van der Waals surface area contributed by atoms with Crippen LogP contribution in [0.25, 0.3) is 0 Å². The Labute approximate surface area is 106 Å². The lowest BCUT2D eigenvalue weighted by Crippen LogP contribution is -2.18. The van der Waals surface area contributed by atoms with Crippen molar-refractivity contribution in [3.8, 4) is 0 Å². The van der Waals surface area contributed by atoms with Gasteiger partial charge in [-0.1, -0.05) is 17.3 Å². The van der Waals surface area contributed by atoms with Gasteiger partial charge in [0.2, 0.25) is 0 Å². The molecule has 2 aromatic rings. The lowest BCUT2D eigenvalue weighted by atomic mass is 10.1. The first-order valence-corrected chi connectivity index (χ1v) is 5.98. The highest BCUT2D eigenvalue weighted by molar-refractivity contribution is 5.22. The summed E-state index contributed by atoms with van der Waals surface area (Å²) in [5.74, 6) is 0.616. The van der Waals surface area contributed by atoms with Crippen LogP contribution in [0.15, 0.2) is 28.8 Å². The molecule has 0 amide bonds. The van der Waals surface area contributed by atoms with Gasteiger partial charge in [-0.15, -0.1) is 0 Å². The van der Waals surface area contributed by atoms with E-state index in [-0.39, 0.29) is 11.9 Å². The smallest absolute Gasteiger partial charge is 0.138 e. The maximum absolute atomic E-state index is 13.1. The second-order valence-corrected chi connectivity index (χ2v) is 4.46. The molecule has 96 valence electrons. The average molecular weight is 248 g/mol. The molecule has 0 fully saturated rings. The van der Waals surface area contributed by atoms with Gasteiger partial charge in [-0.2, -0.15) is 0 Å². The summed E-state index contributed by atoms with van der Waals surface area (Å²) in [7, 11) is 0. The predicted octanol–water partition coefficient (Wildman–Crippen LogP) is 3.28. The number of nitrogens with one attached hydrogen (secondary N) is 1. The van der Waals surface area contributed by atoms with Crippen LogP contribution in [0.1, 0.15) is 35.5 Å². The molecule has 4 heteroatoms. The molecule has 0 aliphatic rings. The van der Waals surface area contributed by atoms with Gasteiger partial charge in [-0.25, -0.2) is 4.39 Å². The second-order valence-electron chi connectivity index (χ2n) is 4.46. The second kappa shape index (κ2) is 5.31. The van der Waals surface area contributed by atoms with Crippen LogP contribution in [0.2, 0.25) is 0 Å². The van der Waals surface area contributed by atoms with Crippen molar-refractivity contribution in [3.63, 3.8) is 0 Å². The summed E-state index contributed by atoms with van der Waals surface area (Å²) in [5.41, 5.74) is 2.89. The van der Waals surface area contributed by atoms with E-state index in [2.05, 4.69) is 10.5 Å². The van der Waals surface area contributed by atoms with Crippen molar-refractivity contribution in [3.05, 3.63) is 52.7 Å². The van der Waals surface area contributed by atoms with Crippen LogP contribution >= 0.6 is 0 Å². The number of halogens is 1. The molecular formula is C14H17FN2O. The standard InChI is InChI=1S/C14H17FN2O/c1-9(12-5-4-6-13(15)7-12)16-8-14-10(2)17-18-11(14)3/h4-7,9,16H,8H2,1-3H3/t9-/m1/s1. The van der Waals surface area contributed by atoms with Crippen molar-refractivity contribution in [1.82, 2.24) is 10.5 Å². The molecule has 1 atom stereocenters. The Morgan fingerprint density at radius 3 is 2.78 bits per heavy atom. The zero-order valence-electron chi connectivity index (χ0n) is 10.8. The quantitative estimate of drug-likeness (QED) is 0.902. The molecular weight excluding hydrogens is 231 g/mol. The molecule has 1 heterocycles. The number of aromatic nitrogens is 1. The van der Waals surface area contributed by atoms with Gasteiger partial charge in [0.25, 0.3) is 0 Å².